The number of fused-ring (bicyclic) bond motifs is 2. The zero-order valence-electron chi connectivity index (χ0n) is 25.1. The Kier molecular flexibility index (Phi) is 8.15. The molecule has 2 aromatic heterocycles. The van der Waals surface area contributed by atoms with Crippen molar-refractivity contribution < 1.29 is 23.8 Å². The van der Waals surface area contributed by atoms with Gasteiger partial charge in [-0.15, -0.1) is 0 Å². The lowest BCUT2D eigenvalue weighted by molar-refractivity contribution is -0.198. The third-order valence-electron chi connectivity index (χ3n) is 7.66. The third kappa shape index (κ3) is 6.20. The van der Waals surface area contributed by atoms with Crippen LogP contribution in [0.5, 0.6) is 0 Å². The Bertz CT molecular complexity index is 1430. The van der Waals surface area contributed by atoms with E-state index in [4.69, 9.17) is 19.9 Å². The van der Waals surface area contributed by atoms with Crippen LogP contribution in [0.15, 0.2) is 42.9 Å². The number of rotatable bonds is 8. The summed E-state index contributed by atoms with van der Waals surface area (Å²) in [4.78, 5) is 36.2. The van der Waals surface area contributed by atoms with E-state index in [1.54, 1.807) is 23.5 Å². The van der Waals surface area contributed by atoms with Crippen LogP contribution >= 0.6 is 0 Å². The topological polar surface area (TPSA) is 146 Å². The molecular formula is C30H41N7O5. The molecular weight excluding hydrogens is 538 g/mol. The molecule has 226 valence electrons. The summed E-state index contributed by atoms with van der Waals surface area (Å²) in [5.74, 6) is -0.916. The van der Waals surface area contributed by atoms with Gasteiger partial charge in [-0.1, -0.05) is 32.9 Å². The van der Waals surface area contributed by atoms with Crippen molar-refractivity contribution in [1.29, 1.82) is 0 Å². The molecule has 2 aliphatic heterocycles. The fourth-order valence-electron chi connectivity index (χ4n) is 5.46. The van der Waals surface area contributed by atoms with Crippen LogP contribution in [0, 0.1) is 0 Å². The van der Waals surface area contributed by atoms with Crippen molar-refractivity contribution in [1.82, 2.24) is 24.8 Å². The monoisotopic (exact) mass is 579 g/mol. The molecule has 4 heterocycles. The first kappa shape index (κ1) is 29.7. The number of imidazole rings is 1. The van der Waals surface area contributed by atoms with Crippen LogP contribution < -0.4 is 16.4 Å². The van der Waals surface area contributed by atoms with E-state index in [1.165, 1.54) is 5.56 Å². The molecule has 2 saturated heterocycles. The molecule has 3 amide bonds. The average molecular weight is 580 g/mol. The summed E-state index contributed by atoms with van der Waals surface area (Å²) in [6, 6.07) is 9.09. The lowest BCUT2D eigenvalue weighted by Crippen LogP contribution is -2.43. The Morgan fingerprint density at radius 3 is 2.50 bits per heavy atom. The Morgan fingerprint density at radius 2 is 1.81 bits per heavy atom. The number of ether oxygens (including phenoxy) is 3. The largest absolute Gasteiger partial charge is 0.397 e. The maximum atomic E-state index is 13.2. The second-order valence-corrected chi connectivity index (χ2v) is 12.2. The van der Waals surface area contributed by atoms with Crippen LogP contribution in [0.3, 0.4) is 0 Å². The molecule has 1 aromatic carbocycles. The van der Waals surface area contributed by atoms with Crippen LogP contribution in [0.4, 0.5) is 16.2 Å². The van der Waals surface area contributed by atoms with Gasteiger partial charge in [0, 0.05) is 37.9 Å². The summed E-state index contributed by atoms with van der Waals surface area (Å²) < 4.78 is 20.7. The Morgan fingerprint density at radius 1 is 1.10 bits per heavy atom. The van der Waals surface area contributed by atoms with Crippen molar-refractivity contribution in [3.8, 4) is 0 Å². The zero-order valence-corrected chi connectivity index (χ0v) is 25.1. The van der Waals surface area contributed by atoms with Crippen LogP contribution in [0.25, 0.3) is 11.2 Å². The number of urea groups is 1. The van der Waals surface area contributed by atoms with Gasteiger partial charge in [0.2, 0.25) is 5.91 Å². The van der Waals surface area contributed by atoms with Crippen LogP contribution in [-0.4, -0.2) is 75.1 Å². The van der Waals surface area contributed by atoms with E-state index in [-0.39, 0.29) is 30.3 Å². The van der Waals surface area contributed by atoms with E-state index in [0.29, 0.717) is 35.6 Å². The van der Waals surface area contributed by atoms with Gasteiger partial charge in [0.15, 0.2) is 17.7 Å². The highest BCUT2D eigenvalue weighted by Crippen LogP contribution is 2.44. The molecule has 42 heavy (non-hydrogen) atoms. The van der Waals surface area contributed by atoms with E-state index in [1.807, 2.05) is 49.6 Å². The maximum absolute atomic E-state index is 13.2. The van der Waals surface area contributed by atoms with Gasteiger partial charge >= 0.3 is 6.03 Å². The SMILES string of the molecule is CCN(C[C@H]1O[C@@H](n2cnc3c(N)ccnc32)[C@@H]2OC(C)(C)O[C@@H]21)C(=O)CCNC(=O)Nc1ccc(C(C)(C)C)cc1. The fourth-order valence-corrected chi connectivity index (χ4v) is 5.46. The van der Waals surface area contributed by atoms with E-state index >= 15 is 0 Å². The number of anilines is 2. The standard InChI is InChI=1S/C30H41N7O5/c1-7-36(22(38)13-15-33-28(39)35-19-10-8-18(9-11-19)29(2,3)4)16-21-24-25(42-30(5,6)41-24)27(40-21)37-17-34-23-20(31)12-14-32-26(23)37/h8-12,14,17,21,24-25,27H,7,13,15-16H2,1-6H3,(H2,31,32)(H2,33,35,39)/t21-,24-,25-,27-/m1/s1. The number of aromatic nitrogens is 3. The molecule has 4 atom stereocenters. The summed E-state index contributed by atoms with van der Waals surface area (Å²) in [6.07, 6.45) is 1.58. The van der Waals surface area contributed by atoms with Gasteiger partial charge in [-0.3, -0.25) is 9.36 Å². The number of amides is 3. The fraction of sp³-hybridized carbons (Fsp3) is 0.533. The molecule has 0 saturated carbocycles. The van der Waals surface area contributed by atoms with Crippen molar-refractivity contribution >= 4 is 34.5 Å². The number of carbonyl (C=O) groups is 2. The average Bonchev–Trinajstić information content (AvgIpc) is 3.58. The highest BCUT2D eigenvalue weighted by Gasteiger charge is 2.56. The van der Waals surface area contributed by atoms with Crippen molar-refractivity contribution in [3.05, 3.63) is 48.4 Å². The number of carbonyl (C=O) groups excluding carboxylic acids is 2. The lowest BCUT2D eigenvalue weighted by Gasteiger charge is -2.28. The van der Waals surface area contributed by atoms with Gasteiger partial charge in [-0.25, -0.2) is 14.8 Å². The summed E-state index contributed by atoms with van der Waals surface area (Å²) in [7, 11) is 0. The predicted octanol–water partition coefficient (Wildman–Crippen LogP) is 3.79. The second kappa shape index (κ2) is 11.5. The Labute approximate surface area is 245 Å². The number of hydrogen-bond donors (Lipinski definition) is 3. The lowest BCUT2D eigenvalue weighted by atomic mass is 9.87. The molecule has 12 nitrogen and oxygen atoms in total. The van der Waals surface area contributed by atoms with Crippen molar-refractivity contribution in [2.45, 2.75) is 83.7 Å². The highest BCUT2D eigenvalue weighted by atomic mass is 16.8. The Hall–Kier alpha value is -3.74. The number of nitrogens with one attached hydrogen (secondary N) is 2. The second-order valence-electron chi connectivity index (χ2n) is 12.2. The van der Waals surface area contributed by atoms with Crippen molar-refractivity contribution in [2.75, 3.05) is 30.7 Å². The molecule has 4 N–H and O–H groups in total. The number of nitrogens with zero attached hydrogens (tertiary/aromatic N) is 4. The smallest absolute Gasteiger partial charge is 0.319 e. The van der Waals surface area contributed by atoms with Gasteiger partial charge in [-0.05, 0) is 49.9 Å². The van der Waals surface area contributed by atoms with Crippen molar-refractivity contribution in [3.63, 3.8) is 0 Å². The maximum Gasteiger partial charge on any atom is 0.319 e. The molecule has 12 heteroatoms. The number of likely N-dealkylation sites (N-methyl/N-ethyl adjacent to an activating group) is 1. The van der Waals surface area contributed by atoms with Crippen LogP contribution in [0.1, 0.15) is 59.8 Å². The van der Waals surface area contributed by atoms with E-state index < -0.39 is 30.3 Å². The number of nitrogen functional groups attached to an aromatic ring is 1. The minimum absolute atomic E-state index is 0.0321. The molecule has 0 aliphatic carbocycles. The van der Waals surface area contributed by atoms with Gasteiger partial charge in [0.1, 0.15) is 23.8 Å². The van der Waals surface area contributed by atoms with Gasteiger partial charge in [0.05, 0.1) is 12.0 Å². The van der Waals surface area contributed by atoms with Crippen LogP contribution in [0.2, 0.25) is 0 Å². The number of pyridine rings is 1. The van der Waals surface area contributed by atoms with Gasteiger partial charge < -0.3 is 35.5 Å². The first-order valence-electron chi connectivity index (χ1n) is 14.4. The van der Waals surface area contributed by atoms with Crippen molar-refractivity contribution in [2.24, 2.45) is 0 Å². The summed E-state index contributed by atoms with van der Waals surface area (Å²) >= 11 is 0. The number of hydrogen-bond acceptors (Lipinski definition) is 8. The first-order valence-corrected chi connectivity index (χ1v) is 14.4. The molecule has 0 bridgehead atoms. The molecule has 0 spiro atoms. The van der Waals surface area contributed by atoms with E-state index in [2.05, 4.69) is 41.4 Å². The Balaban J connectivity index is 1.18. The van der Waals surface area contributed by atoms with E-state index in [0.717, 1.165) is 0 Å². The van der Waals surface area contributed by atoms with Gasteiger partial charge in [0.25, 0.3) is 0 Å². The number of benzene rings is 1. The quantitative estimate of drug-likeness (QED) is 0.365. The normalized spacial score (nSPS) is 23.1. The summed E-state index contributed by atoms with van der Waals surface area (Å²) in [5.41, 5.74) is 9.69. The minimum Gasteiger partial charge on any atom is -0.397 e. The van der Waals surface area contributed by atoms with Gasteiger partial charge in [-0.2, -0.15) is 0 Å². The molecule has 0 unspecified atom stereocenters. The predicted molar refractivity (Wildman–Crippen MR) is 159 cm³/mol. The molecule has 3 aromatic rings. The van der Waals surface area contributed by atoms with Crippen LogP contribution in [-0.2, 0) is 24.4 Å². The molecule has 0 radical (unpaired) electrons. The molecule has 5 rings (SSSR count). The molecule has 2 fully saturated rings. The molecule has 2 aliphatic rings. The summed E-state index contributed by atoms with van der Waals surface area (Å²) in [5, 5.41) is 5.59. The zero-order chi connectivity index (χ0) is 30.2. The highest BCUT2D eigenvalue weighted by molar-refractivity contribution is 5.89. The number of nitrogens with two attached hydrogens (primary N) is 1. The first-order chi connectivity index (χ1) is 19.9. The van der Waals surface area contributed by atoms with E-state index in [9.17, 15) is 9.59 Å². The summed E-state index contributed by atoms with van der Waals surface area (Å²) in [6.45, 7) is 13.0. The third-order valence-corrected chi connectivity index (χ3v) is 7.66. The minimum atomic E-state index is -0.816.